The van der Waals surface area contributed by atoms with Crippen molar-refractivity contribution in [2.75, 3.05) is 13.1 Å². The van der Waals surface area contributed by atoms with Crippen molar-refractivity contribution in [2.45, 2.75) is 31.7 Å². The number of benzene rings is 3. The summed E-state index contributed by atoms with van der Waals surface area (Å²) in [5, 5.41) is 7.03. The van der Waals surface area contributed by atoms with Crippen molar-refractivity contribution in [3.05, 3.63) is 108 Å². The summed E-state index contributed by atoms with van der Waals surface area (Å²) < 4.78 is 5.58. The maximum atomic E-state index is 13.3. The maximum Gasteiger partial charge on any atom is 0.249 e. The number of hydrogen-bond donors (Lipinski definition) is 1. The lowest BCUT2D eigenvalue weighted by molar-refractivity contribution is -0.134. The average molecular weight is 481 g/mol. The molecule has 7 heteroatoms. The van der Waals surface area contributed by atoms with Gasteiger partial charge in [0.2, 0.25) is 23.5 Å². The summed E-state index contributed by atoms with van der Waals surface area (Å²) in [6.07, 6.45) is 1.58. The van der Waals surface area contributed by atoms with Crippen molar-refractivity contribution in [1.82, 2.24) is 20.4 Å². The van der Waals surface area contributed by atoms with Crippen molar-refractivity contribution in [3.8, 4) is 11.4 Å². The number of aryl methyl sites for hydroxylation is 1. The highest BCUT2D eigenvalue weighted by atomic mass is 16.5. The Kier molecular flexibility index (Phi) is 6.89. The highest BCUT2D eigenvalue weighted by molar-refractivity contribution is 5.91. The average Bonchev–Trinajstić information content (AvgIpc) is 3.59. The Balaban J connectivity index is 1.28. The number of amides is 2. The summed E-state index contributed by atoms with van der Waals surface area (Å²) in [7, 11) is 0. The normalized spacial score (nSPS) is 15.3. The minimum Gasteiger partial charge on any atom is -0.346 e. The molecule has 1 N–H and O–H groups in total. The van der Waals surface area contributed by atoms with Crippen molar-refractivity contribution in [1.29, 1.82) is 0 Å². The fourth-order valence-corrected chi connectivity index (χ4v) is 4.78. The van der Waals surface area contributed by atoms with Crippen molar-refractivity contribution in [2.24, 2.45) is 0 Å². The van der Waals surface area contributed by atoms with E-state index in [0.29, 0.717) is 18.3 Å². The number of aromatic nitrogens is 2. The van der Waals surface area contributed by atoms with Gasteiger partial charge in [-0.15, -0.1) is 0 Å². The second-order valence-corrected chi connectivity index (χ2v) is 8.99. The zero-order valence-corrected chi connectivity index (χ0v) is 20.1. The quantitative estimate of drug-likeness (QED) is 0.416. The van der Waals surface area contributed by atoms with Gasteiger partial charge in [-0.25, -0.2) is 0 Å². The van der Waals surface area contributed by atoms with Crippen LogP contribution in [-0.4, -0.2) is 39.9 Å². The molecule has 3 aromatic carbocycles. The topological polar surface area (TPSA) is 88.3 Å². The SMILES string of the molecule is Cc1ccccc1-c1noc([C@@H]2CCCN2C(=O)CNC(=O)C(c2ccccc2)c2ccccc2)n1. The van der Waals surface area contributed by atoms with Gasteiger partial charge < -0.3 is 14.7 Å². The van der Waals surface area contributed by atoms with E-state index in [2.05, 4.69) is 15.5 Å². The first-order chi connectivity index (χ1) is 17.6. The zero-order valence-electron chi connectivity index (χ0n) is 20.1. The highest BCUT2D eigenvalue weighted by Gasteiger charge is 2.34. The van der Waals surface area contributed by atoms with Crippen LogP contribution in [0.3, 0.4) is 0 Å². The van der Waals surface area contributed by atoms with Crippen LogP contribution in [-0.2, 0) is 9.59 Å². The third kappa shape index (κ3) is 4.91. The molecule has 1 atom stereocenters. The first kappa shape index (κ1) is 23.5. The molecular formula is C29H28N4O3. The molecule has 0 radical (unpaired) electrons. The van der Waals surface area contributed by atoms with Gasteiger partial charge in [-0.1, -0.05) is 90.1 Å². The fraction of sp³-hybridized carbons (Fsp3) is 0.241. The number of carbonyl (C=O) groups excluding carboxylic acids is 2. The number of nitrogens with zero attached hydrogens (tertiary/aromatic N) is 3. The van der Waals surface area contributed by atoms with Gasteiger partial charge in [0, 0.05) is 12.1 Å². The number of carbonyl (C=O) groups is 2. The van der Waals surface area contributed by atoms with E-state index in [0.717, 1.165) is 35.1 Å². The number of hydrogen-bond acceptors (Lipinski definition) is 5. The summed E-state index contributed by atoms with van der Waals surface area (Å²) in [6, 6.07) is 26.7. The molecule has 2 heterocycles. The minimum absolute atomic E-state index is 0.0930. The van der Waals surface area contributed by atoms with E-state index in [4.69, 9.17) is 4.52 Å². The molecule has 0 saturated carbocycles. The molecule has 5 rings (SSSR count). The van der Waals surface area contributed by atoms with E-state index in [1.54, 1.807) is 4.90 Å². The summed E-state index contributed by atoms with van der Waals surface area (Å²) in [6.45, 7) is 2.49. The molecule has 1 aliphatic heterocycles. The van der Waals surface area contributed by atoms with Crippen LogP contribution in [0.1, 0.15) is 47.4 Å². The van der Waals surface area contributed by atoms with E-state index < -0.39 is 5.92 Å². The van der Waals surface area contributed by atoms with Crippen LogP contribution in [0.5, 0.6) is 0 Å². The van der Waals surface area contributed by atoms with E-state index >= 15 is 0 Å². The summed E-state index contributed by atoms with van der Waals surface area (Å²) >= 11 is 0. The van der Waals surface area contributed by atoms with Gasteiger partial charge >= 0.3 is 0 Å². The second-order valence-electron chi connectivity index (χ2n) is 8.99. The number of likely N-dealkylation sites (tertiary alicyclic amines) is 1. The lowest BCUT2D eigenvalue weighted by Crippen LogP contribution is -2.41. The van der Waals surface area contributed by atoms with Crippen molar-refractivity contribution >= 4 is 11.8 Å². The van der Waals surface area contributed by atoms with Gasteiger partial charge in [0.05, 0.1) is 12.5 Å². The van der Waals surface area contributed by atoms with Crippen LogP contribution in [0.4, 0.5) is 0 Å². The monoisotopic (exact) mass is 480 g/mol. The van der Waals surface area contributed by atoms with Crippen LogP contribution in [0, 0.1) is 6.92 Å². The zero-order chi connectivity index (χ0) is 24.9. The lowest BCUT2D eigenvalue weighted by atomic mass is 9.90. The number of rotatable bonds is 7. The predicted molar refractivity (Wildman–Crippen MR) is 136 cm³/mol. The third-order valence-electron chi connectivity index (χ3n) is 6.63. The van der Waals surface area contributed by atoms with Gasteiger partial charge in [0.1, 0.15) is 6.04 Å². The fourth-order valence-electron chi connectivity index (χ4n) is 4.78. The molecule has 7 nitrogen and oxygen atoms in total. The smallest absolute Gasteiger partial charge is 0.249 e. The Bertz CT molecular complexity index is 1300. The molecule has 36 heavy (non-hydrogen) atoms. The Morgan fingerprint density at radius 1 is 0.972 bits per heavy atom. The van der Waals surface area contributed by atoms with Gasteiger partial charge in [-0.3, -0.25) is 9.59 Å². The Morgan fingerprint density at radius 2 is 1.61 bits per heavy atom. The first-order valence-electron chi connectivity index (χ1n) is 12.2. The molecule has 2 amide bonds. The van der Waals surface area contributed by atoms with Crippen LogP contribution in [0.2, 0.25) is 0 Å². The molecule has 182 valence electrons. The van der Waals surface area contributed by atoms with Gasteiger partial charge in [-0.05, 0) is 36.5 Å². The van der Waals surface area contributed by atoms with Gasteiger partial charge in [0.15, 0.2) is 0 Å². The van der Waals surface area contributed by atoms with E-state index in [9.17, 15) is 9.59 Å². The molecule has 1 aliphatic rings. The summed E-state index contributed by atoms with van der Waals surface area (Å²) in [5.41, 5.74) is 3.71. The molecule has 1 aromatic heterocycles. The lowest BCUT2D eigenvalue weighted by Gasteiger charge is -2.23. The summed E-state index contributed by atoms with van der Waals surface area (Å²) in [5.74, 6) is 0.0702. The molecule has 1 saturated heterocycles. The maximum absolute atomic E-state index is 13.3. The summed E-state index contributed by atoms with van der Waals surface area (Å²) in [4.78, 5) is 32.8. The molecule has 0 unspecified atom stereocenters. The first-order valence-corrected chi connectivity index (χ1v) is 12.2. The van der Waals surface area contributed by atoms with Crippen LogP contribution >= 0.6 is 0 Å². The largest absolute Gasteiger partial charge is 0.346 e. The Morgan fingerprint density at radius 3 is 2.28 bits per heavy atom. The van der Waals surface area contributed by atoms with Gasteiger partial charge in [-0.2, -0.15) is 4.98 Å². The molecule has 0 bridgehead atoms. The Labute approximate surface area is 210 Å². The van der Waals surface area contributed by atoms with Gasteiger partial charge in [0.25, 0.3) is 0 Å². The Hall–Kier alpha value is -4.26. The molecule has 0 aliphatic carbocycles. The molecule has 4 aromatic rings. The van der Waals surface area contributed by atoms with E-state index in [-0.39, 0.29) is 24.4 Å². The van der Waals surface area contributed by atoms with Crippen LogP contribution < -0.4 is 5.32 Å². The third-order valence-corrected chi connectivity index (χ3v) is 6.63. The standard InChI is InChI=1S/C29H28N4O3/c1-20-11-8-9-16-23(20)27-31-29(36-32-27)24-17-10-18-33(24)25(34)19-30-28(35)26(21-12-4-2-5-13-21)22-14-6-3-7-15-22/h2-9,11-16,24,26H,10,17-19H2,1H3,(H,30,35)/t24-/m0/s1. The molecule has 0 spiro atoms. The minimum atomic E-state index is -0.498. The number of nitrogens with one attached hydrogen (secondary N) is 1. The predicted octanol–water partition coefficient (Wildman–Crippen LogP) is 4.66. The van der Waals surface area contributed by atoms with Crippen LogP contribution in [0.15, 0.2) is 89.5 Å². The second kappa shape index (κ2) is 10.6. The molecule has 1 fully saturated rings. The highest BCUT2D eigenvalue weighted by Crippen LogP contribution is 2.32. The molecular weight excluding hydrogens is 452 g/mol. The van der Waals surface area contributed by atoms with Crippen LogP contribution in [0.25, 0.3) is 11.4 Å². The van der Waals surface area contributed by atoms with E-state index in [1.165, 1.54) is 0 Å². The van der Waals surface area contributed by atoms with Crippen molar-refractivity contribution in [3.63, 3.8) is 0 Å². The van der Waals surface area contributed by atoms with E-state index in [1.807, 2.05) is 91.9 Å². The van der Waals surface area contributed by atoms with Crippen molar-refractivity contribution < 1.29 is 14.1 Å².